The molecule has 1 aliphatic rings. The van der Waals surface area contributed by atoms with Crippen LogP contribution in [0.4, 0.5) is 0 Å². The first-order valence-electron chi connectivity index (χ1n) is 10.7. The fraction of sp³-hybridized carbons (Fsp3) is 0.320. The van der Waals surface area contributed by atoms with E-state index in [0.717, 1.165) is 42.6 Å². The van der Waals surface area contributed by atoms with Gasteiger partial charge in [0.05, 0.1) is 6.54 Å². The van der Waals surface area contributed by atoms with Crippen molar-refractivity contribution in [3.63, 3.8) is 0 Å². The maximum Gasteiger partial charge on any atom is 0.342 e. The lowest BCUT2D eigenvalue weighted by atomic mass is 10.1. The van der Waals surface area contributed by atoms with Gasteiger partial charge in [0.15, 0.2) is 6.10 Å². The van der Waals surface area contributed by atoms with Crippen LogP contribution in [0.3, 0.4) is 0 Å². The van der Waals surface area contributed by atoms with E-state index in [1.165, 1.54) is 0 Å². The second-order valence-electron chi connectivity index (χ2n) is 8.02. The van der Waals surface area contributed by atoms with Crippen molar-refractivity contribution in [1.82, 2.24) is 14.7 Å². The highest BCUT2D eigenvalue weighted by Crippen LogP contribution is 2.24. The molecule has 1 aromatic heterocycles. The van der Waals surface area contributed by atoms with E-state index in [1.54, 1.807) is 22.7 Å². The second kappa shape index (κ2) is 9.16. The van der Waals surface area contributed by atoms with Crippen molar-refractivity contribution in [1.29, 1.82) is 0 Å². The summed E-state index contributed by atoms with van der Waals surface area (Å²) in [4.78, 5) is 27.4. The number of carbonyl (C=O) groups is 2. The first-order valence-corrected chi connectivity index (χ1v) is 10.7. The highest BCUT2D eigenvalue weighted by atomic mass is 16.5. The van der Waals surface area contributed by atoms with Gasteiger partial charge in [0.2, 0.25) is 0 Å². The summed E-state index contributed by atoms with van der Waals surface area (Å²) in [5, 5.41) is 4.68. The molecule has 0 bridgehead atoms. The highest BCUT2D eigenvalue weighted by molar-refractivity contribution is 5.97. The molecular weight excluding hydrogens is 390 g/mol. The zero-order valence-corrected chi connectivity index (χ0v) is 18.0. The van der Waals surface area contributed by atoms with Gasteiger partial charge in [-0.1, -0.05) is 60.2 Å². The van der Waals surface area contributed by atoms with Crippen LogP contribution in [-0.4, -0.2) is 45.8 Å². The van der Waals surface area contributed by atoms with Gasteiger partial charge in [-0.3, -0.25) is 9.48 Å². The average Bonchev–Trinajstić information content (AvgIpc) is 3.45. The van der Waals surface area contributed by atoms with Crippen molar-refractivity contribution in [3.8, 4) is 11.3 Å². The summed E-state index contributed by atoms with van der Waals surface area (Å²) in [6, 6.07) is 17.8. The van der Waals surface area contributed by atoms with E-state index >= 15 is 0 Å². The predicted molar refractivity (Wildman–Crippen MR) is 119 cm³/mol. The van der Waals surface area contributed by atoms with E-state index in [0.29, 0.717) is 17.8 Å². The Labute approximate surface area is 182 Å². The number of esters is 1. The monoisotopic (exact) mass is 417 g/mol. The molecule has 31 heavy (non-hydrogen) atoms. The summed E-state index contributed by atoms with van der Waals surface area (Å²) in [6.45, 7) is 5.64. The molecule has 1 saturated heterocycles. The Morgan fingerprint density at radius 1 is 1.03 bits per heavy atom. The molecule has 3 aromatic rings. The van der Waals surface area contributed by atoms with Crippen LogP contribution in [0, 0.1) is 6.92 Å². The first-order chi connectivity index (χ1) is 15.0. The molecule has 0 spiro atoms. The summed E-state index contributed by atoms with van der Waals surface area (Å²) in [6.07, 6.45) is 2.87. The highest BCUT2D eigenvalue weighted by Gasteiger charge is 2.28. The smallest absolute Gasteiger partial charge is 0.342 e. The minimum absolute atomic E-state index is 0.139. The van der Waals surface area contributed by atoms with Crippen LogP contribution < -0.4 is 0 Å². The number of hydrogen-bond acceptors (Lipinski definition) is 4. The summed E-state index contributed by atoms with van der Waals surface area (Å²) in [7, 11) is 0. The second-order valence-corrected chi connectivity index (χ2v) is 8.02. The van der Waals surface area contributed by atoms with Crippen molar-refractivity contribution in [2.75, 3.05) is 13.1 Å². The number of rotatable bonds is 6. The molecule has 0 N–H and O–H groups in total. The SMILES string of the molecule is Cc1ccc(-c2nn(Cc3ccccc3)cc2C(=O)O[C@@H](C)C(=O)N2CCCC2)cc1. The third-order valence-corrected chi connectivity index (χ3v) is 5.54. The molecule has 1 fully saturated rings. The summed E-state index contributed by atoms with van der Waals surface area (Å²) >= 11 is 0. The molecule has 6 heteroatoms. The number of hydrogen-bond donors (Lipinski definition) is 0. The van der Waals surface area contributed by atoms with Crippen molar-refractivity contribution in [2.45, 2.75) is 39.3 Å². The maximum atomic E-state index is 13.1. The van der Waals surface area contributed by atoms with Gasteiger partial charge < -0.3 is 9.64 Å². The summed E-state index contributed by atoms with van der Waals surface area (Å²) in [5.74, 6) is -0.672. The normalized spacial score (nSPS) is 14.5. The number of ether oxygens (including phenoxy) is 1. The Balaban J connectivity index is 1.60. The zero-order valence-electron chi connectivity index (χ0n) is 18.0. The van der Waals surface area contributed by atoms with Crippen molar-refractivity contribution in [2.24, 2.45) is 0 Å². The number of benzene rings is 2. The number of likely N-dealkylation sites (tertiary alicyclic amines) is 1. The largest absolute Gasteiger partial charge is 0.449 e. The summed E-state index contributed by atoms with van der Waals surface area (Å²) < 4.78 is 7.32. The number of aryl methyl sites for hydroxylation is 1. The molecule has 160 valence electrons. The fourth-order valence-electron chi connectivity index (χ4n) is 3.82. The van der Waals surface area contributed by atoms with E-state index in [1.807, 2.05) is 61.5 Å². The molecule has 0 aliphatic carbocycles. The molecule has 1 aliphatic heterocycles. The first kappa shape index (κ1) is 20.8. The Morgan fingerprint density at radius 2 is 1.71 bits per heavy atom. The van der Waals surface area contributed by atoms with Crippen LogP contribution in [0.2, 0.25) is 0 Å². The van der Waals surface area contributed by atoms with Gasteiger partial charge in [-0.2, -0.15) is 5.10 Å². The van der Waals surface area contributed by atoms with Gasteiger partial charge in [0.25, 0.3) is 5.91 Å². The minimum Gasteiger partial charge on any atom is -0.449 e. The minimum atomic E-state index is -0.825. The molecular formula is C25H27N3O3. The lowest BCUT2D eigenvalue weighted by Crippen LogP contribution is -2.38. The molecule has 1 atom stereocenters. The predicted octanol–water partition coefficient (Wildman–Crippen LogP) is 4.07. The number of carbonyl (C=O) groups excluding carboxylic acids is 2. The van der Waals surface area contributed by atoms with E-state index in [9.17, 15) is 9.59 Å². The average molecular weight is 418 g/mol. The standard InChI is InChI=1S/C25H27N3O3/c1-18-10-12-21(13-11-18)23-22(17-28(26-23)16-20-8-4-3-5-9-20)25(30)31-19(2)24(29)27-14-6-7-15-27/h3-5,8-13,17,19H,6-7,14-16H2,1-2H3/t19-/m0/s1. The third kappa shape index (κ3) is 4.85. The van der Waals surface area contributed by atoms with Crippen LogP contribution in [-0.2, 0) is 16.1 Å². The van der Waals surface area contributed by atoms with Crippen LogP contribution in [0.1, 0.15) is 41.3 Å². The Kier molecular flexibility index (Phi) is 6.16. The van der Waals surface area contributed by atoms with E-state index in [4.69, 9.17) is 4.74 Å². The zero-order chi connectivity index (χ0) is 21.8. The molecule has 1 amide bonds. The van der Waals surface area contributed by atoms with E-state index in [2.05, 4.69) is 5.10 Å². The summed E-state index contributed by atoms with van der Waals surface area (Å²) in [5.41, 5.74) is 3.96. The van der Waals surface area contributed by atoms with Crippen LogP contribution in [0.25, 0.3) is 11.3 Å². The van der Waals surface area contributed by atoms with E-state index < -0.39 is 12.1 Å². The molecule has 0 unspecified atom stereocenters. The van der Waals surface area contributed by atoms with Gasteiger partial charge in [0.1, 0.15) is 11.3 Å². The number of amides is 1. The number of nitrogens with zero attached hydrogens (tertiary/aromatic N) is 3. The molecule has 2 aromatic carbocycles. The van der Waals surface area contributed by atoms with Crippen LogP contribution >= 0.6 is 0 Å². The lowest BCUT2D eigenvalue weighted by Gasteiger charge is -2.20. The van der Waals surface area contributed by atoms with Gasteiger partial charge in [-0.25, -0.2) is 4.79 Å². The van der Waals surface area contributed by atoms with Gasteiger partial charge in [0, 0.05) is 24.8 Å². The molecule has 4 rings (SSSR count). The van der Waals surface area contributed by atoms with E-state index in [-0.39, 0.29) is 5.91 Å². The lowest BCUT2D eigenvalue weighted by molar-refractivity contribution is -0.138. The topological polar surface area (TPSA) is 64.4 Å². The Hall–Kier alpha value is -3.41. The van der Waals surface area contributed by atoms with Crippen LogP contribution in [0.15, 0.2) is 60.8 Å². The Bertz CT molecular complexity index is 1050. The maximum absolute atomic E-state index is 13.1. The Morgan fingerprint density at radius 3 is 2.39 bits per heavy atom. The van der Waals surface area contributed by atoms with Gasteiger partial charge in [-0.15, -0.1) is 0 Å². The van der Waals surface area contributed by atoms with Crippen LogP contribution in [0.5, 0.6) is 0 Å². The molecule has 2 heterocycles. The number of aromatic nitrogens is 2. The molecule has 0 saturated carbocycles. The van der Waals surface area contributed by atoms with Crippen molar-refractivity contribution in [3.05, 3.63) is 77.5 Å². The van der Waals surface area contributed by atoms with Crippen molar-refractivity contribution < 1.29 is 14.3 Å². The van der Waals surface area contributed by atoms with Crippen molar-refractivity contribution >= 4 is 11.9 Å². The third-order valence-electron chi connectivity index (χ3n) is 5.54. The molecule has 0 radical (unpaired) electrons. The fourth-order valence-corrected chi connectivity index (χ4v) is 3.82. The van der Waals surface area contributed by atoms with Gasteiger partial charge in [-0.05, 0) is 32.3 Å². The van der Waals surface area contributed by atoms with Gasteiger partial charge >= 0.3 is 5.97 Å². The molecule has 6 nitrogen and oxygen atoms in total. The quantitative estimate of drug-likeness (QED) is 0.567.